The number of sulfone groups is 1. The van der Waals surface area contributed by atoms with E-state index < -0.39 is 9.84 Å². The van der Waals surface area contributed by atoms with Crippen molar-refractivity contribution in [3.05, 3.63) is 0 Å². The molecule has 190 valence electrons. The molecule has 1 aliphatic carbocycles. The molecule has 3 N–H and O–H groups in total. The van der Waals surface area contributed by atoms with Crippen LogP contribution in [0.4, 0.5) is 0 Å². The Morgan fingerprint density at radius 3 is 2.55 bits per heavy atom. The third-order valence-electron chi connectivity index (χ3n) is 8.70. The number of piperidine rings is 1. The highest BCUT2D eigenvalue weighted by molar-refractivity contribution is 7.91. The van der Waals surface area contributed by atoms with E-state index in [0.29, 0.717) is 24.0 Å². The van der Waals surface area contributed by atoms with Gasteiger partial charge in [-0.1, -0.05) is 0 Å². The van der Waals surface area contributed by atoms with Crippen molar-refractivity contribution in [2.24, 2.45) is 11.8 Å². The van der Waals surface area contributed by atoms with Crippen LogP contribution in [-0.2, 0) is 19.4 Å². The largest absolute Gasteiger partial charge is 0.379 e. The van der Waals surface area contributed by atoms with E-state index in [9.17, 15) is 8.42 Å². The third kappa shape index (κ3) is 5.91. The fourth-order valence-electron chi connectivity index (χ4n) is 6.70. The molecule has 1 saturated carbocycles. The van der Waals surface area contributed by atoms with Crippen LogP contribution in [0.3, 0.4) is 0 Å². The molecule has 0 amide bonds. The molecule has 0 aromatic rings. The van der Waals surface area contributed by atoms with Crippen molar-refractivity contribution in [2.75, 3.05) is 52.2 Å². The summed E-state index contributed by atoms with van der Waals surface area (Å²) in [4.78, 5) is 11.3. The number of ether oxygens (including phenoxy) is 1. The van der Waals surface area contributed by atoms with Crippen molar-refractivity contribution in [3.8, 4) is 0 Å². The summed E-state index contributed by atoms with van der Waals surface area (Å²) >= 11 is 0. The van der Waals surface area contributed by atoms with Gasteiger partial charge in [0.05, 0.1) is 36.8 Å². The number of rotatable bonds is 6. The molecule has 4 heterocycles. The van der Waals surface area contributed by atoms with E-state index in [-0.39, 0.29) is 17.6 Å². The van der Waals surface area contributed by atoms with E-state index in [2.05, 4.69) is 25.9 Å². The molecule has 5 atom stereocenters. The molecule has 4 unspecified atom stereocenters. The monoisotopic (exact) mass is 485 g/mol. The lowest BCUT2D eigenvalue weighted by Crippen LogP contribution is -2.57. The zero-order valence-corrected chi connectivity index (χ0v) is 20.9. The second-order valence-corrected chi connectivity index (χ2v) is 13.2. The molecule has 33 heavy (non-hydrogen) atoms. The van der Waals surface area contributed by atoms with Crippen LogP contribution >= 0.6 is 0 Å². The number of hydrogen-bond donors (Lipinski definition) is 3. The van der Waals surface area contributed by atoms with Gasteiger partial charge in [0.1, 0.15) is 16.1 Å². The van der Waals surface area contributed by atoms with Crippen LogP contribution in [0.1, 0.15) is 51.4 Å². The smallest absolute Gasteiger partial charge is 0.150 e. The van der Waals surface area contributed by atoms with E-state index in [1.54, 1.807) is 0 Å². The topological polar surface area (TPSA) is 95.2 Å². The molecule has 0 radical (unpaired) electrons. The van der Waals surface area contributed by atoms with Gasteiger partial charge in [-0.05, 0) is 76.3 Å². The van der Waals surface area contributed by atoms with Gasteiger partial charge >= 0.3 is 0 Å². The Morgan fingerprint density at radius 1 is 1.00 bits per heavy atom. The molecule has 0 bridgehead atoms. The molecule has 5 fully saturated rings. The van der Waals surface area contributed by atoms with Gasteiger partial charge in [0, 0.05) is 25.9 Å². The van der Waals surface area contributed by atoms with Gasteiger partial charge < -0.3 is 10.1 Å². The fourth-order valence-corrected chi connectivity index (χ4v) is 7.83. The molecule has 4 saturated heterocycles. The van der Waals surface area contributed by atoms with Crippen LogP contribution in [0.15, 0.2) is 0 Å². The SMILES string of the molecule is CS(=O)(=O)C1CCC(CN2CCC[C@H]2C2NC(C3CCNC(N4CCOCC4)C3)NO2)CC1. The highest BCUT2D eigenvalue weighted by Crippen LogP contribution is 2.32. The summed E-state index contributed by atoms with van der Waals surface area (Å²) in [6.45, 7) is 6.93. The van der Waals surface area contributed by atoms with E-state index in [4.69, 9.17) is 9.57 Å². The molecular formula is C23H43N5O4S. The zero-order valence-electron chi connectivity index (χ0n) is 20.1. The van der Waals surface area contributed by atoms with Crippen LogP contribution in [0.25, 0.3) is 0 Å². The zero-order chi connectivity index (χ0) is 22.8. The predicted molar refractivity (Wildman–Crippen MR) is 127 cm³/mol. The van der Waals surface area contributed by atoms with E-state index in [1.807, 2.05) is 0 Å². The molecule has 5 aliphatic rings. The van der Waals surface area contributed by atoms with Crippen LogP contribution in [0.5, 0.6) is 0 Å². The van der Waals surface area contributed by atoms with Crippen molar-refractivity contribution in [3.63, 3.8) is 0 Å². The summed E-state index contributed by atoms with van der Waals surface area (Å²) in [5.74, 6) is 1.15. The first-order valence-electron chi connectivity index (χ1n) is 13.1. The average Bonchev–Trinajstić information content (AvgIpc) is 3.49. The minimum atomic E-state index is -2.89. The second kappa shape index (κ2) is 10.7. The fraction of sp³-hybridized carbons (Fsp3) is 1.00. The van der Waals surface area contributed by atoms with Crippen LogP contribution in [0.2, 0.25) is 0 Å². The van der Waals surface area contributed by atoms with Gasteiger partial charge in [-0.2, -0.15) is 5.48 Å². The number of nitrogens with zero attached hydrogens (tertiary/aromatic N) is 2. The molecule has 9 nitrogen and oxygen atoms in total. The van der Waals surface area contributed by atoms with Crippen LogP contribution in [0, 0.1) is 11.8 Å². The second-order valence-electron chi connectivity index (χ2n) is 10.9. The lowest BCUT2D eigenvalue weighted by Gasteiger charge is -2.41. The van der Waals surface area contributed by atoms with Crippen LogP contribution < -0.4 is 16.1 Å². The summed E-state index contributed by atoms with van der Waals surface area (Å²) in [6, 6.07) is 0.395. The normalized spacial score (nSPS) is 42.0. The van der Waals surface area contributed by atoms with Crippen molar-refractivity contribution >= 4 is 9.84 Å². The molecule has 5 rings (SSSR count). The van der Waals surface area contributed by atoms with Gasteiger partial charge in [-0.3, -0.25) is 20.0 Å². The molecule has 0 aromatic heterocycles. The summed E-state index contributed by atoms with van der Waals surface area (Å²) in [7, 11) is -2.89. The lowest BCUT2D eigenvalue weighted by atomic mass is 9.88. The highest BCUT2D eigenvalue weighted by atomic mass is 32.2. The Balaban J connectivity index is 1.11. The highest BCUT2D eigenvalue weighted by Gasteiger charge is 2.42. The molecule has 4 aliphatic heterocycles. The maximum absolute atomic E-state index is 11.9. The first-order chi connectivity index (χ1) is 16.0. The third-order valence-corrected chi connectivity index (χ3v) is 10.4. The van der Waals surface area contributed by atoms with E-state index >= 15 is 0 Å². The van der Waals surface area contributed by atoms with Crippen molar-refractivity contribution in [1.82, 2.24) is 25.9 Å². The molecule has 0 aromatic carbocycles. The first-order valence-corrected chi connectivity index (χ1v) is 15.1. The molecule has 10 heteroatoms. The number of nitrogens with one attached hydrogen (secondary N) is 3. The predicted octanol–water partition coefficient (Wildman–Crippen LogP) is 0.489. The maximum Gasteiger partial charge on any atom is 0.150 e. The van der Waals surface area contributed by atoms with E-state index in [1.165, 1.54) is 12.7 Å². The van der Waals surface area contributed by atoms with Gasteiger partial charge in [-0.25, -0.2) is 8.42 Å². The van der Waals surface area contributed by atoms with E-state index in [0.717, 1.165) is 90.9 Å². The standard InChI is InChI=1S/C23H43N5O4S/c1-33(29,30)19-6-4-17(5-7-19)16-28-10-2-3-20(28)23-25-22(26-32-23)18-8-9-24-21(15-18)27-11-13-31-14-12-27/h17-26H,2-16H2,1H3/t17?,18?,19?,20-,21?,22?,23?/m0/s1. The average molecular weight is 486 g/mol. The summed E-state index contributed by atoms with van der Waals surface area (Å²) in [5, 5.41) is 7.37. The Morgan fingerprint density at radius 2 is 1.79 bits per heavy atom. The van der Waals surface area contributed by atoms with Gasteiger partial charge in [-0.15, -0.1) is 0 Å². The Bertz CT molecular complexity index is 741. The Kier molecular flexibility index (Phi) is 7.93. The summed E-state index contributed by atoms with van der Waals surface area (Å²) < 4.78 is 29.3. The lowest BCUT2D eigenvalue weighted by molar-refractivity contribution is -0.0305. The number of hydrogen-bond acceptors (Lipinski definition) is 9. The minimum Gasteiger partial charge on any atom is -0.379 e. The molecule has 0 spiro atoms. The Labute approximate surface area is 199 Å². The summed E-state index contributed by atoms with van der Waals surface area (Å²) in [5.41, 5.74) is 3.35. The minimum absolute atomic E-state index is 0.0292. The quantitative estimate of drug-likeness (QED) is 0.497. The first kappa shape index (κ1) is 24.4. The number of hydroxylamine groups is 1. The molecular weight excluding hydrogens is 442 g/mol. The number of morpholine rings is 1. The number of likely N-dealkylation sites (tertiary alicyclic amines) is 1. The summed E-state index contributed by atoms with van der Waals surface area (Å²) in [6.07, 6.45) is 10.4. The van der Waals surface area contributed by atoms with Crippen molar-refractivity contribution in [2.45, 2.75) is 81.2 Å². The maximum atomic E-state index is 11.9. The Hall–Kier alpha value is -0.330. The van der Waals surface area contributed by atoms with Gasteiger partial charge in [0.15, 0.2) is 0 Å². The van der Waals surface area contributed by atoms with Gasteiger partial charge in [0.25, 0.3) is 0 Å². The van der Waals surface area contributed by atoms with Crippen molar-refractivity contribution in [1.29, 1.82) is 0 Å². The van der Waals surface area contributed by atoms with Crippen molar-refractivity contribution < 1.29 is 18.0 Å². The van der Waals surface area contributed by atoms with Crippen LogP contribution in [-0.4, -0.2) is 100 Å². The van der Waals surface area contributed by atoms with Gasteiger partial charge in [0.2, 0.25) is 0 Å².